The second kappa shape index (κ2) is 8.70. The molecule has 1 amide bonds. The summed E-state index contributed by atoms with van der Waals surface area (Å²) >= 11 is 0. The fraction of sp³-hybridized carbons (Fsp3) is 0.238. The highest BCUT2D eigenvalue weighted by Gasteiger charge is 2.32. The molecule has 0 fully saturated rings. The molecule has 0 spiro atoms. The molecule has 3 rings (SSSR count). The van der Waals surface area contributed by atoms with E-state index in [-0.39, 0.29) is 22.3 Å². The first-order chi connectivity index (χ1) is 15.4. The number of aliphatic hydroxyl groups is 1. The summed E-state index contributed by atoms with van der Waals surface area (Å²) in [6, 6.07) is 4.56. The number of nitrogens with one attached hydrogen (secondary N) is 1. The Morgan fingerprint density at radius 1 is 1.18 bits per heavy atom. The van der Waals surface area contributed by atoms with Crippen molar-refractivity contribution in [3.8, 4) is 11.5 Å². The first kappa shape index (κ1) is 24.0. The Balaban J connectivity index is 2.19. The van der Waals surface area contributed by atoms with Gasteiger partial charge in [-0.3, -0.25) is 14.2 Å². The highest BCUT2D eigenvalue weighted by molar-refractivity contribution is 6.06. The first-order valence-corrected chi connectivity index (χ1v) is 9.38. The fourth-order valence-corrected chi connectivity index (χ4v) is 3.59. The molecule has 1 aromatic heterocycles. The van der Waals surface area contributed by atoms with E-state index in [4.69, 9.17) is 5.11 Å². The average Bonchev–Trinajstić information content (AvgIpc) is 3.02. The van der Waals surface area contributed by atoms with E-state index >= 15 is 0 Å². The number of phenols is 1. The van der Waals surface area contributed by atoms with Gasteiger partial charge < -0.3 is 20.3 Å². The van der Waals surface area contributed by atoms with Gasteiger partial charge in [0.25, 0.3) is 5.91 Å². The highest BCUT2D eigenvalue weighted by atomic mass is 19.4. The zero-order chi connectivity index (χ0) is 24.7. The van der Waals surface area contributed by atoms with Crippen molar-refractivity contribution in [3.05, 3.63) is 58.8 Å². The maximum atomic E-state index is 14.9. The second-order valence-electron chi connectivity index (χ2n) is 7.05. The quantitative estimate of drug-likeness (QED) is 0.389. The van der Waals surface area contributed by atoms with Crippen LogP contribution in [0.25, 0.3) is 10.9 Å². The molecule has 1 atom stereocenters. The molecule has 0 unspecified atom stereocenters. The lowest BCUT2D eigenvalue weighted by molar-refractivity contribution is -0.274. The standard InChI is InChI=1S/C21H17F5N2O5/c1-9(19(31)27-8-29)15-10(2)28(14-7-13(22)18(30)17(23)16(14)15)20(32)11-3-5-12(6-4-11)33-21(24,25)26/h3-7,9,29-30H,8H2,1-2H3,(H,27,31)/t9-/m1/s1. The van der Waals surface area contributed by atoms with Crippen molar-refractivity contribution in [2.45, 2.75) is 26.1 Å². The summed E-state index contributed by atoms with van der Waals surface area (Å²) in [6.07, 6.45) is -4.93. The van der Waals surface area contributed by atoms with Gasteiger partial charge in [0, 0.05) is 22.7 Å². The molecule has 3 aromatic rings. The number of benzene rings is 2. The van der Waals surface area contributed by atoms with Gasteiger partial charge in [-0.2, -0.15) is 0 Å². The lowest BCUT2D eigenvalue weighted by Gasteiger charge is -2.13. The summed E-state index contributed by atoms with van der Waals surface area (Å²) in [4.78, 5) is 25.4. The summed E-state index contributed by atoms with van der Waals surface area (Å²) in [5.74, 6) is -7.37. The molecule has 2 aromatic carbocycles. The van der Waals surface area contributed by atoms with Crippen molar-refractivity contribution in [2.24, 2.45) is 0 Å². The van der Waals surface area contributed by atoms with Crippen LogP contribution in [0.4, 0.5) is 22.0 Å². The third kappa shape index (κ3) is 4.46. The summed E-state index contributed by atoms with van der Waals surface area (Å²) < 4.78 is 70.8. The van der Waals surface area contributed by atoms with Crippen LogP contribution >= 0.6 is 0 Å². The van der Waals surface area contributed by atoms with Gasteiger partial charge in [-0.25, -0.2) is 8.78 Å². The van der Waals surface area contributed by atoms with Gasteiger partial charge >= 0.3 is 6.36 Å². The number of ether oxygens (including phenoxy) is 1. The predicted molar refractivity (Wildman–Crippen MR) is 105 cm³/mol. The van der Waals surface area contributed by atoms with E-state index in [9.17, 15) is 36.6 Å². The number of carbonyl (C=O) groups is 2. The Morgan fingerprint density at radius 2 is 1.79 bits per heavy atom. The van der Waals surface area contributed by atoms with E-state index in [0.717, 1.165) is 28.8 Å². The van der Waals surface area contributed by atoms with E-state index in [0.29, 0.717) is 6.07 Å². The number of aromatic hydroxyl groups is 1. The minimum Gasteiger partial charge on any atom is -0.503 e. The predicted octanol–water partition coefficient (Wildman–Crippen LogP) is 3.69. The van der Waals surface area contributed by atoms with E-state index in [1.165, 1.54) is 13.8 Å². The third-order valence-electron chi connectivity index (χ3n) is 5.03. The van der Waals surface area contributed by atoms with Crippen LogP contribution in [0.2, 0.25) is 0 Å². The number of aliphatic hydroxyl groups excluding tert-OH is 1. The molecule has 0 aliphatic heterocycles. The minimum absolute atomic E-state index is 0.0232. The lowest BCUT2D eigenvalue weighted by atomic mass is 9.96. The van der Waals surface area contributed by atoms with Crippen LogP contribution in [0.3, 0.4) is 0 Å². The number of nitrogens with zero attached hydrogens (tertiary/aromatic N) is 1. The van der Waals surface area contributed by atoms with Crippen molar-refractivity contribution in [3.63, 3.8) is 0 Å². The Hall–Kier alpha value is -3.67. The molecule has 176 valence electrons. The number of hydrogen-bond acceptors (Lipinski definition) is 5. The van der Waals surface area contributed by atoms with Gasteiger partial charge in [-0.05, 0) is 43.7 Å². The molecular weight excluding hydrogens is 455 g/mol. The summed E-state index contributed by atoms with van der Waals surface area (Å²) in [7, 11) is 0. The fourth-order valence-electron chi connectivity index (χ4n) is 3.59. The smallest absolute Gasteiger partial charge is 0.503 e. The van der Waals surface area contributed by atoms with Gasteiger partial charge in [0.15, 0.2) is 17.4 Å². The van der Waals surface area contributed by atoms with Crippen LogP contribution in [-0.2, 0) is 4.79 Å². The van der Waals surface area contributed by atoms with Gasteiger partial charge in [-0.15, -0.1) is 13.2 Å². The number of rotatable bonds is 5. The highest BCUT2D eigenvalue weighted by Crippen LogP contribution is 2.38. The molecule has 0 aliphatic carbocycles. The molecule has 33 heavy (non-hydrogen) atoms. The zero-order valence-corrected chi connectivity index (χ0v) is 17.1. The van der Waals surface area contributed by atoms with Crippen molar-refractivity contribution < 1.29 is 46.5 Å². The van der Waals surface area contributed by atoms with E-state index < -0.39 is 59.3 Å². The monoisotopic (exact) mass is 472 g/mol. The average molecular weight is 472 g/mol. The van der Waals surface area contributed by atoms with Crippen molar-refractivity contribution in [1.82, 2.24) is 9.88 Å². The topological polar surface area (TPSA) is 101 Å². The number of halogens is 5. The minimum atomic E-state index is -4.93. The largest absolute Gasteiger partial charge is 0.573 e. The second-order valence-corrected chi connectivity index (χ2v) is 7.05. The molecule has 1 heterocycles. The van der Waals surface area contributed by atoms with Crippen LogP contribution in [0.1, 0.15) is 34.5 Å². The maximum Gasteiger partial charge on any atom is 0.573 e. The first-order valence-electron chi connectivity index (χ1n) is 9.38. The van der Waals surface area contributed by atoms with E-state index in [2.05, 4.69) is 10.1 Å². The van der Waals surface area contributed by atoms with Gasteiger partial charge in [-0.1, -0.05) is 0 Å². The molecule has 0 saturated carbocycles. The zero-order valence-electron chi connectivity index (χ0n) is 17.1. The molecule has 0 bridgehead atoms. The summed E-state index contributed by atoms with van der Waals surface area (Å²) in [5.41, 5.74) is -0.471. The Labute approximate surface area is 183 Å². The van der Waals surface area contributed by atoms with E-state index in [1.807, 2.05) is 0 Å². The summed E-state index contributed by atoms with van der Waals surface area (Å²) in [6.45, 7) is 1.99. The normalized spacial score (nSPS) is 12.6. The van der Waals surface area contributed by atoms with E-state index in [1.54, 1.807) is 0 Å². The Kier molecular flexibility index (Phi) is 6.32. The van der Waals surface area contributed by atoms with Crippen molar-refractivity contribution >= 4 is 22.7 Å². The number of alkyl halides is 3. The Bertz CT molecular complexity index is 1240. The number of phenolic OH excluding ortho intramolecular Hbond substituents is 1. The van der Waals surface area contributed by atoms with Gasteiger partial charge in [0.2, 0.25) is 5.91 Å². The molecule has 0 saturated heterocycles. The number of carbonyl (C=O) groups excluding carboxylic acids is 2. The third-order valence-corrected chi connectivity index (χ3v) is 5.03. The van der Waals surface area contributed by atoms with Gasteiger partial charge in [0.1, 0.15) is 12.5 Å². The molecular formula is C21H17F5N2O5. The number of fused-ring (bicyclic) bond motifs is 1. The summed E-state index contributed by atoms with van der Waals surface area (Å²) in [5, 5.41) is 20.4. The molecule has 7 nitrogen and oxygen atoms in total. The van der Waals surface area contributed by atoms with Crippen LogP contribution in [-0.4, -0.2) is 39.7 Å². The van der Waals surface area contributed by atoms with Crippen LogP contribution < -0.4 is 10.1 Å². The van der Waals surface area contributed by atoms with Crippen molar-refractivity contribution in [1.29, 1.82) is 0 Å². The number of hydrogen-bond donors (Lipinski definition) is 3. The number of aromatic nitrogens is 1. The number of amides is 1. The van der Waals surface area contributed by atoms with Crippen LogP contribution in [0.15, 0.2) is 30.3 Å². The molecule has 0 aliphatic rings. The maximum absolute atomic E-state index is 14.9. The van der Waals surface area contributed by atoms with Crippen molar-refractivity contribution in [2.75, 3.05) is 6.73 Å². The molecule has 12 heteroatoms. The SMILES string of the molecule is Cc1c([C@@H](C)C(=O)NCO)c2c(F)c(O)c(F)cc2n1C(=O)c1ccc(OC(F)(F)F)cc1. The van der Waals surface area contributed by atoms with Crippen LogP contribution in [0, 0.1) is 18.6 Å². The lowest BCUT2D eigenvalue weighted by Crippen LogP contribution is -2.29. The molecule has 3 N–H and O–H groups in total. The van der Waals surface area contributed by atoms with Gasteiger partial charge in [0.05, 0.1) is 11.4 Å². The molecule has 0 radical (unpaired) electrons. The van der Waals surface area contributed by atoms with Crippen LogP contribution in [0.5, 0.6) is 11.5 Å². The Morgan fingerprint density at radius 3 is 2.33 bits per heavy atom.